The van der Waals surface area contributed by atoms with Gasteiger partial charge in [0.05, 0.1) is 0 Å². The Balaban J connectivity index is 2.22. The van der Waals surface area contributed by atoms with E-state index in [0.29, 0.717) is 0 Å². The molecule has 0 aliphatic carbocycles. The number of hydrogen-bond acceptors (Lipinski definition) is 1. The average Bonchev–Trinajstić information content (AvgIpc) is 2.04. The van der Waals surface area contributed by atoms with Crippen LogP contribution in [0.25, 0.3) is 0 Å². The second-order valence-corrected chi connectivity index (χ2v) is 4.52. The molecule has 0 aromatic carbocycles. The highest BCUT2D eigenvalue weighted by molar-refractivity contribution is 4.71. The first-order valence-corrected chi connectivity index (χ1v) is 5.44. The van der Waals surface area contributed by atoms with Crippen LogP contribution in [0.1, 0.15) is 40.0 Å². The van der Waals surface area contributed by atoms with Gasteiger partial charge in [0.25, 0.3) is 0 Å². The van der Waals surface area contributed by atoms with Crippen molar-refractivity contribution in [2.75, 3.05) is 19.6 Å². The van der Waals surface area contributed by atoms with E-state index in [4.69, 9.17) is 0 Å². The molecule has 1 aliphatic heterocycles. The van der Waals surface area contributed by atoms with Crippen molar-refractivity contribution < 1.29 is 0 Å². The molecule has 0 radical (unpaired) electrons. The number of likely N-dealkylation sites (tertiary alicyclic amines) is 1. The van der Waals surface area contributed by atoms with E-state index < -0.39 is 0 Å². The lowest BCUT2D eigenvalue weighted by molar-refractivity contribution is 0.161. The molecule has 12 heavy (non-hydrogen) atoms. The molecule has 1 heterocycles. The molecule has 0 amide bonds. The fraction of sp³-hybridized carbons (Fsp3) is 1.00. The minimum atomic E-state index is 0.885. The van der Waals surface area contributed by atoms with Crippen molar-refractivity contribution in [3.63, 3.8) is 0 Å². The average molecular weight is 169 g/mol. The lowest BCUT2D eigenvalue weighted by Gasteiger charge is -2.32. The normalized spacial score (nSPS) is 28.8. The SMILES string of the molecule is CCC(C)CN1CCC[C@H](C)C1. The van der Waals surface area contributed by atoms with Crippen LogP contribution in [0, 0.1) is 11.8 Å². The fourth-order valence-corrected chi connectivity index (χ4v) is 2.02. The first kappa shape index (κ1) is 10.0. The maximum absolute atomic E-state index is 2.64. The van der Waals surface area contributed by atoms with E-state index in [2.05, 4.69) is 25.7 Å². The van der Waals surface area contributed by atoms with Crippen molar-refractivity contribution in [2.24, 2.45) is 11.8 Å². The van der Waals surface area contributed by atoms with E-state index >= 15 is 0 Å². The maximum Gasteiger partial charge on any atom is 0.000714 e. The van der Waals surface area contributed by atoms with Crippen LogP contribution in [-0.4, -0.2) is 24.5 Å². The van der Waals surface area contributed by atoms with Gasteiger partial charge in [-0.25, -0.2) is 0 Å². The van der Waals surface area contributed by atoms with Gasteiger partial charge in [0.2, 0.25) is 0 Å². The van der Waals surface area contributed by atoms with Gasteiger partial charge in [-0.15, -0.1) is 0 Å². The van der Waals surface area contributed by atoms with Crippen LogP contribution in [0.5, 0.6) is 0 Å². The Labute approximate surface area is 77.1 Å². The fourth-order valence-electron chi connectivity index (χ4n) is 2.02. The van der Waals surface area contributed by atoms with Gasteiger partial charge in [0.1, 0.15) is 0 Å². The zero-order valence-corrected chi connectivity index (χ0v) is 8.84. The van der Waals surface area contributed by atoms with Crippen molar-refractivity contribution in [1.29, 1.82) is 0 Å². The van der Waals surface area contributed by atoms with Gasteiger partial charge in [0.15, 0.2) is 0 Å². The van der Waals surface area contributed by atoms with Crippen molar-refractivity contribution in [3.05, 3.63) is 0 Å². The Morgan fingerprint density at radius 2 is 2.25 bits per heavy atom. The smallest absolute Gasteiger partial charge is 0.000714 e. The summed E-state index contributed by atoms with van der Waals surface area (Å²) in [6.45, 7) is 11.0. The topological polar surface area (TPSA) is 3.24 Å². The van der Waals surface area contributed by atoms with Gasteiger partial charge in [-0.05, 0) is 31.2 Å². The van der Waals surface area contributed by atoms with Crippen LogP contribution in [-0.2, 0) is 0 Å². The third-order valence-electron chi connectivity index (χ3n) is 3.01. The molecule has 0 N–H and O–H groups in total. The van der Waals surface area contributed by atoms with Crippen molar-refractivity contribution in [3.8, 4) is 0 Å². The van der Waals surface area contributed by atoms with E-state index in [-0.39, 0.29) is 0 Å². The Bertz CT molecular complexity index is 122. The molecule has 0 aromatic rings. The molecule has 1 unspecified atom stereocenters. The van der Waals surface area contributed by atoms with Crippen LogP contribution in [0.2, 0.25) is 0 Å². The quantitative estimate of drug-likeness (QED) is 0.628. The van der Waals surface area contributed by atoms with Crippen molar-refractivity contribution >= 4 is 0 Å². The predicted octanol–water partition coefficient (Wildman–Crippen LogP) is 2.76. The molecular weight excluding hydrogens is 146 g/mol. The Kier molecular flexibility index (Phi) is 4.07. The van der Waals surface area contributed by atoms with E-state index in [1.54, 1.807) is 0 Å². The number of nitrogens with zero attached hydrogens (tertiary/aromatic N) is 1. The van der Waals surface area contributed by atoms with E-state index in [1.165, 1.54) is 38.9 Å². The van der Waals surface area contributed by atoms with Gasteiger partial charge in [-0.1, -0.05) is 27.2 Å². The summed E-state index contributed by atoms with van der Waals surface area (Å²) < 4.78 is 0. The van der Waals surface area contributed by atoms with Crippen molar-refractivity contribution in [1.82, 2.24) is 4.90 Å². The molecule has 1 aliphatic rings. The summed E-state index contributed by atoms with van der Waals surface area (Å²) in [5.41, 5.74) is 0. The highest BCUT2D eigenvalue weighted by atomic mass is 15.1. The summed E-state index contributed by atoms with van der Waals surface area (Å²) in [6.07, 6.45) is 4.18. The zero-order valence-electron chi connectivity index (χ0n) is 8.84. The third-order valence-corrected chi connectivity index (χ3v) is 3.01. The second kappa shape index (κ2) is 4.86. The van der Waals surface area contributed by atoms with E-state index in [9.17, 15) is 0 Å². The molecule has 72 valence electrons. The van der Waals surface area contributed by atoms with Gasteiger partial charge < -0.3 is 4.90 Å². The van der Waals surface area contributed by atoms with Crippen molar-refractivity contribution in [2.45, 2.75) is 40.0 Å². The maximum atomic E-state index is 2.64. The van der Waals surface area contributed by atoms with Crippen LogP contribution in [0.4, 0.5) is 0 Å². The molecule has 2 atom stereocenters. The first-order valence-electron chi connectivity index (χ1n) is 5.44. The number of rotatable bonds is 3. The highest BCUT2D eigenvalue weighted by Gasteiger charge is 2.16. The first-order chi connectivity index (χ1) is 5.72. The summed E-state index contributed by atoms with van der Waals surface area (Å²) >= 11 is 0. The van der Waals surface area contributed by atoms with E-state index in [1.807, 2.05) is 0 Å². The Morgan fingerprint density at radius 1 is 1.50 bits per heavy atom. The Morgan fingerprint density at radius 3 is 2.83 bits per heavy atom. The third kappa shape index (κ3) is 3.14. The molecule has 0 aromatic heterocycles. The van der Waals surface area contributed by atoms with Crippen LogP contribution in [0.3, 0.4) is 0 Å². The van der Waals surface area contributed by atoms with Crippen LogP contribution in [0.15, 0.2) is 0 Å². The van der Waals surface area contributed by atoms with Crippen LogP contribution < -0.4 is 0 Å². The summed E-state index contributed by atoms with van der Waals surface area (Å²) in [4.78, 5) is 2.64. The van der Waals surface area contributed by atoms with Gasteiger partial charge in [0, 0.05) is 13.1 Å². The summed E-state index contributed by atoms with van der Waals surface area (Å²) in [7, 11) is 0. The molecule has 1 rings (SSSR count). The Hall–Kier alpha value is -0.0400. The predicted molar refractivity (Wildman–Crippen MR) is 54.3 cm³/mol. The molecule has 1 heteroatoms. The van der Waals surface area contributed by atoms with E-state index in [0.717, 1.165) is 11.8 Å². The van der Waals surface area contributed by atoms with Gasteiger partial charge in [-0.3, -0.25) is 0 Å². The lowest BCUT2D eigenvalue weighted by Crippen LogP contribution is -2.37. The monoisotopic (exact) mass is 169 g/mol. The molecular formula is C11H23N. The second-order valence-electron chi connectivity index (χ2n) is 4.52. The summed E-state index contributed by atoms with van der Waals surface area (Å²) in [5.74, 6) is 1.82. The van der Waals surface area contributed by atoms with Crippen LogP contribution >= 0.6 is 0 Å². The van der Waals surface area contributed by atoms with Gasteiger partial charge >= 0.3 is 0 Å². The highest BCUT2D eigenvalue weighted by Crippen LogP contribution is 2.17. The largest absolute Gasteiger partial charge is 0.303 e. The summed E-state index contributed by atoms with van der Waals surface area (Å²) in [5, 5.41) is 0. The molecule has 1 saturated heterocycles. The number of piperidine rings is 1. The molecule has 0 saturated carbocycles. The summed E-state index contributed by atoms with van der Waals surface area (Å²) in [6, 6.07) is 0. The molecule has 1 nitrogen and oxygen atoms in total. The zero-order chi connectivity index (χ0) is 8.97. The minimum Gasteiger partial charge on any atom is -0.303 e. The number of hydrogen-bond donors (Lipinski definition) is 0. The van der Waals surface area contributed by atoms with Gasteiger partial charge in [-0.2, -0.15) is 0 Å². The standard InChI is InChI=1S/C11H23N/c1-4-10(2)8-12-7-5-6-11(3)9-12/h10-11H,4-9H2,1-3H3/t10?,11-/m0/s1. The molecule has 1 fully saturated rings. The molecule has 0 bridgehead atoms. The molecule has 0 spiro atoms. The minimum absolute atomic E-state index is 0.885. The lowest BCUT2D eigenvalue weighted by atomic mass is 9.98.